The number of fused-ring (bicyclic) bond motifs is 1. The van der Waals surface area contributed by atoms with Gasteiger partial charge >= 0.3 is 0 Å². The van der Waals surface area contributed by atoms with Crippen LogP contribution in [0.5, 0.6) is 0 Å². The molecule has 0 aliphatic carbocycles. The van der Waals surface area contributed by atoms with Gasteiger partial charge in [-0.15, -0.1) is 0 Å². The lowest BCUT2D eigenvalue weighted by molar-refractivity contribution is 0.615. The Morgan fingerprint density at radius 2 is 2.27 bits per heavy atom. The van der Waals surface area contributed by atoms with E-state index in [9.17, 15) is 0 Å². The van der Waals surface area contributed by atoms with Crippen LogP contribution >= 0.6 is 11.8 Å². The Bertz CT molecular complexity index is 232. The molecule has 2 aliphatic rings. The van der Waals surface area contributed by atoms with Crippen molar-refractivity contribution in [2.75, 3.05) is 0 Å². The summed E-state index contributed by atoms with van der Waals surface area (Å²) in [6.45, 7) is 4.23. The molecule has 0 aromatic carbocycles. The van der Waals surface area contributed by atoms with Crippen molar-refractivity contribution < 1.29 is 0 Å². The summed E-state index contributed by atoms with van der Waals surface area (Å²) >= 11 is 1.87. The van der Waals surface area contributed by atoms with Crippen LogP contribution in [-0.4, -0.2) is 22.2 Å². The van der Waals surface area contributed by atoms with E-state index in [2.05, 4.69) is 23.8 Å². The highest BCUT2D eigenvalue weighted by Crippen LogP contribution is 2.31. The number of thioether (sulfide) groups is 1. The van der Waals surface area contributed by atoms with Gasteiger partial charge < -0.3 is 0 Å². The quantitative estimate of drug-likeness (QED) is 0.543. The first kappa shape index (κ1) is 7.35. The first-order chi connectivity index (χ1) is 5.25. The molecule has 0 radical (unpaired) electrons. The molecule has 11 heavy (non-hydrogen) atoms. The Hall–Kier alpha value is -0.310. The standard InChI is InChI=1S/C8H12N2S/c1-5-3-4-7-8(9-5)10-6(2)11-7/h5,7H,3-4H2,1-2H3. The molecule has 0 spiro atoms. The summed E-state index contributed by atoms with van der Waals surface area (Å²) in [7, 11) is 0. The molecule has 0 N–H and O–H groups in total. The third kappa shape index (κ3) is 1.34. The number of rotatable bonds is 0. The van der Waals surface area contributed by atoms with Crippen LogP contribution in [0.1, 0.15) is 26.7 Å². The summed E-state index contributed by atoms with van der Waals surface area (Å²) in [5.41, 5.74) is 0. The Kier molecular flexibility index (Phi) is 1.75. The molecule has 3 heteroatoms. The molecule has 0 saturated heterocycles. The maximum Gasteiger partial charge on any atom is 0.138 e. The third-order valence-corrected chi connectivity index (χ3v) is 3.24. The number of nitrogens with zero attached hydrogens (tertiary/aromatic N) is 2. The van der Waals surface area contributed by atoms with Crippen LogP contribution in [0.2, 0.25) is 0 Å². The first-order valence-corrected chi connectivity index (χ1v) is 4.93. The number of aliphatic imine (C=N–C) groups is 2. The van der Waals surface area contributed by atoms with Crippen LogP contribution in [0.15, 0.2) is 9.98 Å². The molecule has 2 rings (SSSR count). The van der Waals surface area contributed by atoms with Gasteiger partial charge in [-0.2, -0.15) is 0 Å². The van der Waals surface area contributed by atoms with Gasteiger partial charge in [0, 0.05) is 6.04 Å². The molecule has 0 amide bonds. The van der Waals surface area contributed by atoms with Gasteiger partial charge in [0.05, 0.1) is 10.3 Å². The Morgan fingerprint density at radius 3 is 3.09 bits per heavy atom. The Balaban J connectivity index is 2.24. The second-order valence-electron chi connectivity index (χ2n) is 3.15. The SMILES string of the molecule is CC1=NC2=NC(C)CCC2S1. The second-order valence-corrected chi connectivity index (χ2v) is 4.55. The van der Waals surface area contributed by atoms with Crippen molar-refractivity contribution >= 4 is 22.6 Å². The lowest BCUT2D eigenvalue weighted by Gasteiger charge is -2.17. The highest BCUT2D eigenvalue weighted by Gasteiger charge is 2.27. The lowest BCUT2D eigenvalue weighted by Crippen LogP contribution is -2.20. The zero-order chi connectivity index (χ0) is 7.84. The summed E-state index contributed by atoms with van der Waals surface area (Å²) < 4.78 is 0. The summed E-state index contributed by atoms with van der Waals surface area (Å²) in [6, 6.07) is 0.497. The van der Waals surface area contributed by atoms with Gasteiger partial charge in [-0.05, 0) is 26.7 Å². The van der Waals surface area contributed by atoms with Gasteiger partial charge in [0.1, 0.15) is 5.84 Å². The van der Waals surface area contributed by atoms with Gasteiger partial charge in [0.2, 0.25) is 0 Å². The van der Waals surface area contributed by atoms with Crippen LogP contribution in [0, 0.1) is 0 Å². The van der Waals surface area contributed by atoms with Crippen molar-refractivity contribution in [1.29, 1.82) is 0 Å². The van der Waals surface area contributed by atoms with Gasteiger partial charge in [0.15, 0.2) is 0 Å². The van der Waals surface area contributed by atoms with Crippen molar-refractivity contribution in [3.63, 3.8) is 0 Å². The number of hydrogen-bond donors (Lipinski definition) is 0. The van der Waals surface area contributed by atoms with Gasteiger partial charge in [-0.1, -0.05) is 11.8 Å². The van der Waals surface area contributed by atoms with E-state index in [0.717, 1.165) is 5.84 Å². The minimum Gasteiger partial charge on any atom is -0.266 e. The fourth-order valence-corrected chi connectivity index (χ4v) is 2.53. The average Bonchev–Trinajstić information content (AvgIpc) is 2.27. The van der Waals surface area contributed by atoms with Crippen molar-refractivity contribution in [2.24, 2.45) is 9.98 Å². The minimum atomic E-state index is 0.497. The summed E-state index contributed by atoms with van der Waals surface area (Å²) in [5, 5.41) is 1.77. The second kappa shape index (κ2) is 2.63. The molecule has 0 fully saturated rings. The monoisotopic (exact) mass is 168 g/mol. The van der Waals surface area contributed by atoms with E-state index in [1.807, 2.05) is 11.8 Å². The normalized spacial score (nSPS) is 36.2. The largest absolute Gasteiger partial charge is 0.266 e. The van der Waals surface area contributed by atoms with E-state index >= 15 is 0 Å². The summed E-state index contributed by atoms with van der Waals surface area (Å²) in [4.78, 5) is 8.89. The molecule has 2 aliphatic heterocycles. The van der Waals surface area contributed by atoms with E-state index in [1.54, 1.807) is 0 Å². The van der Waals surface area contributed by atoms with Crippen LogP contribution in [0.4, 0.5) is 0 Å². The molecule has 2 atom stereocenters. The third-order valence-electron chi connectivity index (χ3n) is 2.07. The summed E-state index contributed by atoms with van der Waals surface area (Å²) in [6.07, 6.45) is 2.48. The van der Waals surface area contributed by atoms with Gasteiger partial charge in [0.25, 0.3) is 0 Å². The zero-order valence-electron chi connectivity index (χ0n) is 6.87. The van der Waals surface area contributed by atoms with E-state index in [-0.39, 0.29) is 0 Å². The van der Waals surface area contributed by atoms with Crippen LogP contribution in [-0.2, 0) is 0 Å². The molecule has 2 heterocycles. The smallest absolute Gasteiger partial charge is 0.138 e. The molecule has 0 aromatic rings. The molecular weight excluding hydrogens is 156 g/mol. The Morgan fingerprint density at radius 1 is 1.45 bits per heavy atom. The van der Waals surface area contributed by atoms with E-state index < -0.39 is 0 Å². The number of hydrogen-bond acceptors (Lipinski definition) is 3. The highest BCUT2D eigenvalue weighted by atomic mass is 32.2. The lowest BCUT2D eigenvalue weighted by atomic mass is 10.1. The van der Waals surface area contributed by atoms with Crippen LogP contribution in [0.3, 0.4) is 0 Å². The van der Waals surface area contributed by atoms with E-state index in [0.29, 0.717) is 11.3 Å². The fourth-order valence-electron chi connectivity index (χ4n) is 1.50. The maximum absolute atomic E-state index is 4.50. The fraction of sp³-hybridized carbons (Fsp3) is 0.750. The molecule has 0 saturated carbocycles. The molecular formula is C8H12N2S. The van der Waals surface area contributed by atoms with E-state index in [4.69, 9.17) is 0 Å². The van der Waals surface area contributed by atoms with Crippen molar-refractivity contribution in [2.45, 2.75) is 38.0 Å². The van der Waals surface area contributed by atoms with Crippen molar-refractivity contribution in [1.82, 2.24) is 0 Å². The summed E-state index contributed by atoms with van der Waals surface area (Å²) in [5.74, 6) is 1.09. The van der Waals surface area contributed by atoms with Gasteiger partial charge in [-0.25, -0.2) is 4.99 Å². The van der Waals surface area contributed by atoms with Crippen molar-refractivity contribution in [3.05, 3.63) is 0 Å². The Labute approximate surface area is 71.2 Å². The molecule has 2 nitrogen and oxygen atoms in total. The predicted molar refractivity (Wildman–Crippen MR) is 50.6 cm³/mol. The first-order valence-electron chi connectivity index (χ1n) is 4.05. The molecule has 60 valence electrons. The van der Waals surface area contributed by atoms with Gasteiger partial charge in [-0.3, -0.25) is 4.99 Å². The maximum atomic E-state index is 4.50. The highest BCUT2D eigenvalue weighted by molar-refractivity contribution is 8.15. The molecule has 0 bridgehead atoms. The zero-order valence-corrected chi connectivity index (χ0v) is 7.69. The minimum absolute atomic E-state index is 0.497. The van der Waals surface area contributed by atoms with Crippen molar-refractivity contribution in [3.8, 4) is 0 Å². The van der Waals surface area contributed by atoms with Crippen LogP contribution < -0.4 is 0 Å². The average molecular weight is 168 g/mol. The van der Waals surface area contributed by atoms with E-state index in [1.165, 1.54) is 17.9 Å². The van der Waals surface area contributed by atoms with Crippen LogP contribution in [0.25, 0.3) is 0 Å². The topological polar surface area (TPSA) is 24.7 Å². The molecule has 0 aromatic heterocycles. The molecule has 2 unspecified atom stereocenters. The predicted octanol–water partition coefficient (Wildman–Crippen LogP) is 2.10. The number of amidine groups is 1.